The van der Waals surface area contributed by atoms with Crippen molar-refractivity contribution < 1.29 is 4.52 Å². The molecule has 0 N–H and O–H groups in total. The fourth-order valence-electron chi connectivity index (χ4n) is 2.48. The van der Waals surface area contributed by atoms with Crippen molar-refractivity contribution in [1.29, 1.82) is 0 Å². The SMILES string of the molecule is CCCc1ccc(-c2nc(-c3cc(C)c(C)c(C)c3)no2)s1. The number of hydrogen-bond donors (Lipinski definition) is 0. The molecule has 0 amide bonds. The zero-order valence-corrected chi connectivity index (χ0v) is 14.3. The van der Waals surface area contributed by atoms with Gasteiger partial charge in [-0.15, -0.1) is 11.3 Å². The largest absolute Gasteiger partial charge is 0.333 e. The highest BCUT2D eigenvalue weighted by Gasteiger charge is 2.14. The van der Waals surface area contributed by atoms with Gasteiger partial charge in [0.2, 0.25) is 5.82 Å². The van der Waals surface area contributed by atoms with E-state index in [1.165, 1.54) is 21.6 Å². The molecule has 4 heteroatoms. The van der Waals surface area contributed by atoms with Crippen molar-refractivity contribution in [2.24, 2.45) is 0 Å². The van der Waals surface area contributed by atoms with E-state index in [1.54, 1.807) is 11.3 Å². The van der Waals surface area contributed by atoms with E-state index >= 15 is 0 Å². The Morgan fingerprint density at radius 2 is 1.82 bits per heavy atom. The van der Waals surface area contributed by atoms with Crippen molar-refractivity contribution in [2.45, 2.75) is 40.5 Å². The first-order chi connectivity index (χ1) is 10.6. The van der Waals surface area contributed by atoms with Gasteiger partial charge in [0.15, 0.2) is 0 Å². The molecule has 3 aromatic rings. The number of aromatic nitrogens is 2. The van der Waals surface area contributed by atoms with Gasteiger partial charge in [-0.25, -0.2) is 0 Å². The Morgan fingerprint density at radius 3 is 2.50 bits per heavy atom. The van der Waals surface area contributed by atoms with E-state index in [2.05, 4.69) is 62.1 Å². The summed E-state index contributed by atoms with van der Waals surface area (Å²) in [5, 5.41) is 4.15. The maximum Gasteiger partial charge on any atom is 0.268 e. The summed E-state index contributed by atoms with van der Waals surface area (Å²) in [5.74, 6) is 1.27. The predicted octanol–water partition coefficient (Wildman–Crippen LogP) is 5.34. The Morgan fingerprint density at radius 1 is 1.09 bits per heavy atom. The van der Waals surface area contributed by atoms with Gasteiger partial charge in [0.1, 0.15) is 0 Å². The van der Waals surface area contributed by atoms with Crippen molar-refractivity contribution in [1.82, 2.24) is 10.1 Å². The maximum absolute atomic E-state index is 5.46. The van der Waals surface area contributed by atoms with Gasteiger partial charge in [0.25, 0.3) is 5.89 Å². The van der Waals surface area contributed by atoms with E-state index in [9.17, 15) is 0 Å². The number of aryl methyl sites for hydroxylation is 3. The fraction of sp³-hybridized carbons (Fsp3) is 0.333. The normalized spacial score (nSPS) is 11.1. The quantitative estimate of drug-likeness (QED) is 0.652. The highest BCUT2D eigenvalue weighted by Crippen LogP contribution is 2.30. The van der Waals surface area contributed by atoms with Crippen LogP contribution in [0.3, 0.4) is 0 Å². The lowest BCUT2D eigenvalue weighted by Gasteiger charge is -2.06. The highest BCUT2D eigenvalue weighted by molar-refractivity contribution is 7.15. The first-order valence-electron chi connectivity index (χ1n) is 7.59. The number of nitrogens with zero attached hydrogens (tertiary/aromatic N) is 2. The molecule has 0 fully saturated rings. The van der Waals surface area contributed by atoms with Crippen LogP contribution in [0.1, 0.15) is 34.9 Å². The van der Waals surface area contributed by atoms with Gasteiger partial charge in [-0.3, -0.25) is 0 Å². The standard InChI is InChI=1S/C18H20N2OS/c1-5-6-15-7-8-16(22-15)18-19-17(20-21-18)14-9-11(2)13(4)12(3)10-14/h7-10H,5-6H2,1-4H3. The minimum atomic E-state index is 0.609. The van der Waals surface area contributed by atoms with Crippen LogP contribution in [0.2, 0.25) is 0 Å². The van der Waals surface area contributed by atoms with Crippen LogP contribution in [0, 0.1) is 20.8 Å². The molecule has 0 saturated heterocycles. The van der Waals surface area contributed by atoms with Crippen LogP contribution < -0.4 is 0 Å². The Bertz CT molecular complexity index is 778. The zero-order chi connectivity index (χ0) is 15.7. The molecule has 0 atom stereocenters. The second-order valence-corrected chi connectivity index (χ2v) is 6.84. The molecule has 0 aliphatic heterocycles. The summed E-state index contributed by atoms with van der Waals surface area (Å²) in [6.45, 7) is 8.55. The van der Waals surface area contributed by atoms with Crippen LogP contribution in [0.4, 0.5) is 0 Å². The minimum absolute atomic E-state index is 0.609. The maximum atomic E-state index is 5.46. The van der Waals surface area contributed by atoms with Gasteiger partial charge in [0.05, 0.1) is 4.88 Å². The molecule has 0 radical (unpaired) electrons. The van der Waals surface area contributed by atoms with E-state index < -0.39 is 0 Å². The van der Waals surface area contributed by atoms with Gasteiger partial charge in [-0.05, 0) is 68.1 Å². The molecule has 0 spiro atoms. The van der Waals surface area contributed by atoms with Crippen LogP contribution in [-0.2, 0) is 6.42 Å². The van der Waals surface area contributed by atoms with Crippen molar-refractivity contribution in [3.63, 3.8) is 0 Å². The highest BCUT2D eigenvalue weighted by atomic mass is 32.1. The number of rotatable bonds is 4. The van der Waals surface area contributed by atoms with Crippen molar-refractivity contribution in [3.05, 3.63) is 45.8 Å². The monoisotopic (exact) mass is 312 g/mol. The topological polar surface area (TPSA) is 38.9 Å². The van der Waals surface area contributed by atoms with Crippen LogP contribution >= 0.6 is 11.3 Å². The van der Waals surface area contributed by atoms with Crippen LogP contribution in [0.5, 0.6) is 0 Å². The zero-order valence-electron chi connectivity index (χ0n) is 13.4. The summed E-state index contributed by atoms with van der Waals surface area (Å²) in [4.78, 5) is 6.97. The van der Waals surface area contributed by atoms with Gasteiger partial charge in [-0.2, -0.15) is 4.98 Å². The summed E-state index contributed by atoms with van der Waals surface area (Å²) >= 11 is 1.73. The van der Waals surface area contributed by atoms with E-state index in [1.807, 2.05) is 0 Å². The molecule has 0 unspecified atom stereocenters. The van der Waals surface area contributed by atoms with E-state index in [0.29, 0.717) is 11.7 Å². The first-order valence-corrected chi connectivity index (χ1v) is 8.41. The Labute approximate surface area is 135 Å². The average Bonchev–Trinajstić information content (AvgIpc) is 3.13. The number of thiophene rings is 1. The molecular weight excluding hydrogens is 292 g/mol. The molecule has 114 valence electrons. The lowest BCUT2D eigenvalue weighted by atomic mass is 10.0. The Balaban J connectivity index is 1.93. The van der Waals surface area contributed by atoms with Crippen molar-refractivity contribution in [3.8, 4) is 22.2 Å². The fourth-order valence-corrected chi connectivity index (χ4v) is 3.51. The minimum Gasteiger partial charge on any atom is -0.333 e. The molecule has 0 aliphatic rings. The lowest BCUT2D eigenvalue weighted by molar-refractivity contribution is 0.433. The third-order valence-electron chi connectivity index (χ3n) is 3.98. The molecule has 2 aromatic heterocycles. The number of benzene rings is 1. The summed E-state index contributed by atoms with van der Waals surface area (Å²) in [6, 6.07) is 8.45. The lowest BCUT2D eigenvalue weighted by Crippen LogP contribution is -1.89. The van der Waals surface area contributed by atoms with Crippen LogP contribution in [0.15, 0.2) is 28.8 Å². The molecule has 2 heterocycles. The number of hydrogen-bond acceptors (Lipinski definition) is 4. The summed E-state index contributed by atoms with van der Waals surface area (Å²) in [7, 11) is 0. The molecule has 1 aromatic carbocycles. The van der Waals surface area contributed by atoms with Crippen molar-refractivity contribution >= 4 is 11.3 Å². The van der Waals surface area contributed by atoms with Gasteiger partial charge >= 0.3 is 0 Å². The third kappa shape index (κ3) is 2.83. The second kappa shape index (κ2) is 6.05. The average molecular weight is 312 g/mol. The molecule has 0 bridgehead atoms. The van der Waals surface area contributed by atoms with Crippen LogP contribution in [0.25, 0.3) is 22.2 Å². The Kier molecular flexibility index (Phi) is 4.12. The molecule has 3 nitrogen and oxygen atoms in total. The van der Waals surface area contributed by atoms with Gasteiger partial charge in [0, 0.05) is 10.4 Å². The van der Waals surface area contributed by atoms with Gasteiger partial charge < -0.3 is 4.52 Å². The van der Waals surface area contributed by atoms with Crippen molar-refractivity contribution in [2.75, 3.05) is 0 Å². The molecule has 3 rings (SSSR count). The molecule has 22 heavy (non-hydrogen) atoms. The summed E-state index contributed by atoms with van der Waals surface area (Å²) < 4.78 is 5.46. The predicted molar refractivity (Wildman–Crippen MR) is 91.3 cm³/mol. The first kappa shape index (κ1) is 15.0. The second-order valence-electron chi connectivity index (χ2n) is 5.67. The third-order valence-corrected chi connectivity index (χ3v) is 5.11. The summed E-state index contributed by atoms with van der Waals surface area (Å²) in [5.41, 5.74) is 4.83. The van der Waals surface area contributed by atoms with E-state index in [0.717, 1.165) is 23.3 Å². The van der Waals surface area contributed by atoms with Gasteiger partial charge in [-0.1, -0.05) is 18.5 Å². The summed E-state index contributed by atoms with van der Waals surface area (Å²) in [6.07, 6.45) is 2.25. The molecule has 0 saturated carbocycles. The van der Waals surface area contributed by atoms with E-state index in [4.69, 9.17) is 4.52 Å². The molecular formula is C18H20N2OS. The smallest absolute Gasteiger partial charge is 0.268 e. The Hall–Kier alpha value is -1.94. The van der Waals surface area contributed by atoms with Crippen LogP contribution in [-0.4, -0.2) is 10.1 Å². The van der Waals surface area contributed by atoms with E-state index in [-0.39, 0.29) is 0 Å². The molecule has 0 aliphatic carbocycles.